The standard InChI is InChI=1S/C15H17N5O2S/c1-8(2)13-18-15(20-19-13)17-12(21)7-10-9(3)22-14(16-10)11-5-4-6-23-11/h4-6,8H,7H2,1-3H3,(H2,17,18,19,20,21). The summed E-state index contributed by atoms with van der Waals surface area (Å²) in [5.74, 6) is 2.19. The van der Waals surface area contributed by atoms with Gasteiger partial charge in [-0.3, -0.25) is 15.2 Å². The summed E-state index contributed by atoms with van der Waals surface area (Å²) < 4.78 is 5.63. The average Bonchev–Trinajstić information content (AvgIpc) is 3.20. The predicted molar refractivity (Wildman–Crippen MR) is 87.4 cm³/mol. The topological polar surface area (TPSA) is 96.7 Å². The summed E-state index contributed by atoms with van der Waals surface area (Å²) in [7, 11) is 0. The summed E-state index contributed by atoms with van der Waals surface area (Å²) in [5, 5.41) is 11.4. The molecule has 3 heterocycles. The number of amides is 1. The van der Waals surface area contributed by atoms with Gasteiger partial charge in [-0.05, 0) is 18.4 Å². The number of hydrogen-bond acceptors (Lipinski definition) is 6. The molecule has 0 saturated carbocycles. The summed E-state index contributed by atoms with van der Waals surface area (Å²) in [5.41, 5.74) is 0.616. The molecular weight excluding hydrogens is 314 g/mol. The van der Waals surface area contributed by atoms with Gasteiger partial charge in [0.05, 0.1) is 17.0 Å². The molecule has 0 aliphatic carbocycles. The summed E-state index contributed by atoms with van der Waals surface area (Å²) >= 11 is 1.54. The zero-order chi connectivity index (χ0) is 16.4. The van der Waals surface area contributed by atoms with Gasteiger partial charge in [-0.1, -0.05) is 19.9 Å². The van der Waals surface area contributed by atoms with Gasteiger partial charge in [-0.15, -0.1) is 16.4 Å². The Hall–Kier alpha value is -2.48. The third-order valence-electron chi connectivity index (χ3n) is 3.25. The van der Waals surface area contributed by atoms with E-state index in [0.717, 1.165) is 10.7 Å². The maximum absolute atomic E-state index is 12.1. The third kappa shape index (κ3) is 3.48. The predicted octanol–water partition coefficient (Wildman–Crippen LogP) is 3.13. The molecule has 0 spiro atoms. The highest BCUT2D eigenvalue weighted by Gasteiger charge is 2.16. The van der Waals surface area contributed by atoms with Crippen molar-refractivity contribution in [3.8, 4) is 10.8 Å². The lowest BCUT2D eigenvalue weighted by molar-refractivity contribution is -0.115. The molecule has 0 atom stereocenters. The minimum absolute atomic E-state index is 0.117. The SMILES string of the molecule is Cc1oc(-c2cccs2)nc1CC(=O)Nc1n[nH]c(C(C)C)n1. The van der Waals surface area contributed by atoms with Gasteiger partial charge in [0.2, 0.25) is 17.7 Å². The largest absolute Gasteiger partial charge is 0.440 e. The Morgan fingerprint density at radius 3 is 2.91 bits per heavy atom. The summed E-state index contributed by atoms with van der Waals surface area (Å²) in [6, 6.07) is 3.86. The molecule has 3 aromatic rings. The zero-order valence-electron chi connectivity index (χ0n) is 13.1. The molecule has 0 fully saturated rings. The fourth-order valence-corrected chi connectivity index (χ4v) is 2.66. The Kier molecular flexibility index (Phi) is 4.24. The van der Waals surface area contributed by atoms with E-state index in [1.165, 1.54) is 0 Å². The van der Waals surface area contributed by atoms with E-state index in [-0.39, 0.29) is 24.2 Å². The molecule has 1 amide bonds. The van der Waals surface area contributed by atoms with Gasteiger partial charge in [0.25, 0.3) is 0 Å². The summed E-state index contributed by atoms with van der Waals surface area (Å²) in [6.45, 7) is 5.80. The number of nitrogens with one attached hydrogen (secondary N) is 2. The van der Waals surface area contributed by atoms with Crippen LogP contribution in [0.2, 0.25) is 0 Å². The second kappa shape index (κ2) is 6.33. The minimum atomic E-state index is -0.228. The normalized spacial score (nSPS) is 11.1. The van der Waals surface area contributed by atoms with Crippen LogP contribution in [0.15, 0.2) is 21.9 Å². The zero-order valence-corrected chi connectivity index (χ0v) is 13.9. The number of H-pyrrole nitrogens is 1. The van der Waals surface area contributed by atoms with Crippen LogP contribution in [0.5, 0.6) is 0 Å². The fourth-order valence-electron chi connectivity index (χ4n) is 2.01. The third-order valence-corrected chi connectivity index (χ3v) is 4.11. The molecule has 3 rings (SSSR count). The smallest absolute Gasteiger partial charge is 0.248 e. The Bertz CT molecular complexity index is 804. The van der Waals surface area contributed by atoms with Crippen molar-refractivity contribution >= 4 is 23.2 Å². The quantitative estimate of drug-likeness (QED) is 0.748. The molecule has 23 heavy (non-hydrogen) atoms. The number of carbonyl (C=O) groups is 1. The number of carbonyl (C=O) groups excluding carboxylic acids is 1. The first-order valence-electron chi connectivity index (χ1n) is 7.25. The summed E-state index contributed by atoms with van der Waals surface area (Å²) in [4.78, 5) is 21.7. The van der Waals surface area contributed by atoms with Gasteiger partial charge >= 0.3 is 0 Å². The monoisotopic (exact) mass is 331 g/mol. The second-order valence-corrected chi connectivity index (χ2v) is 6.37. The second-order valence-electron chi connectivity index (χ2n) is 5.42. The molecule has 0 aliphatic heterocycles. The van der Waals surface area contributed by atoms with Crippen LogP contribution >= 0.6 is 11.3 Å². The van der Waals surface area contributed by atoms with Crippen molar-refractivity contribution in [2.45, 2.75) is 33.1 Å². The van der Waals surface area contributed by atoms with Crippen LogP contribution in [-0.4, -0.2) is 26.1 Å². The molecule has 0 saturated heterocycles. The lowest BCUT2D eigenvalue weighted by Gasteiger charge is -1.99. The number of aryl methyl sites for hydroxylation is 1. The molecule has 0 bridgehead atoms. The highest BCUT2D eigenvalue weighted by molar-refractivity contribution is 7.13. The van der Waals surface area contributed by atoms with Gasteiger partial charge in [-0.25, -0.2) is 4.98 Å². The molecule has 120 valence electrons. The van der Waals surface area contributed by atoms with Gasteiger partial charge in [0.1, 0.15) is 11.6 Å². The Morgan fingerprint density at radius 1 is 1.43 bits per heavy atom. The van der Waals surface area contributed by atoms with E-state index >= 15 is 0 Å². The number of anilines is 1. The first-order chi connectivity index (χ1) is 11.0. The number of thiophene rings is 1. The van der Waals surface area contributed by atoms with Crippen LogP contribution in [0, 0.1) is 6.92 Å². The van der Waals surface area contributed by atoms with Crippen molar-refractivity contribution in [3.63, 3.8) is 0 Å². The fraction of sp³-hybridized carbons (Fsp3) is 0.333. The van der Waals surface area contributed by atoms with E-state index in [1.807, 2.05) is 31.4 Å². The van der Waals surface area contributed by atoms with Crippen molar-refractivity contribution in [3.05, 3.63) is 34.8 Å². The maximum Gasteiger partial charge on any atom is 0.248 e. The Balaban J connectivity index is 1.68. The van der Waals surface area contributed by atoms with Crippen molar-refractivity contribution in [1.82, 2.24) is 20.2 Å². The highest BCUT2D eigenvalue weighted by atomic mass is 32.1. The maximum atomic E-state index is 12.1. The van der Waals surface area contributed by atoms with Crippen LogP contribution in [0.3, 0.4) is 0 Å². The molecule has 7 nitrogen and oxygen atoms in total. The molecule has 8 heteroatoms. The number of oxazole rings is 1. The van der Waals surface area contributed by atoms with Crippen molar-refractivity contribution in [1.29, 1.82) is 0 Å². The first-order valence-corrected chi connectivity index (χ1v) is 8.13. The van der Waals surface area contributed by atoms with Crippen LogP contribution in [-0.2, 0) is 11.2 Å². The van der Waals surface area contributed by atoms with Gasteiger partial charge < -0.3 is 4.42 Å². The molecule has 0 radical (unpaired) electrons. The van der Waals surface area contributed by atoms with E-state index in [2.05, 4.69) is 25.5 Å². The number of hydrogen-bond donors (Lipinski definition) is 2. The van der Waals surface area contributed by atoms with E-state index < -0.39 is 0 Å². The Morgan fingerprint density at radius 2 is 2.26 bits per heavy atom. The number of aromatic amines is 1. The lowest BCUT2D eigenvalue weighted by Crippen LogP contribution is -2.16. The summed E-state index contributed by atoms with van der Waals surface area (Å²) in [6.07, 6.45) is 0.117. The van der Waals surface area contributed by atoms with Crippen molar-refractivity contribution in [2.24, 2.45) is 0 Å². The van der Waals surface area contributed by atoms with Crippen LogP contribution < -0.4 is 5.32 Å². The van der Waals surface area contributed by atoms with E-state index in [0.29, 0.717) is 17.3 Å². The van der Waals surface area contributed by atoms with Crippen LogP contribution in [0.1, 0.15) is 37.0 Å². The molecular formula is C15H17N5O2S. The van der Waals surface area contributed by atoms with E-state index in [4.69, 9.17) is 4.42 Å². The van der Waals surface area contributed by atoms with Gasteiger partial charge in [0, 0.05) is 5.92 Å². The van der Waals surface area contributed by atoms with Crippen LogP contribution in [0.25, 0.3) is 10.8 Å². The highest BCUT2D eigenvalue weighted by Crippen LogP contribution is 2.26. The number of nitrogens with zero attached hydrogens (tertiary/aromatic N) is 3. The molecule has 0 aliphatic rings. The first kappa shape index (κ1) is 15.4. The van der Waals surface area contributed by atoms with E-state index in [1.54, 1.807) is 18.3 Å². The molecule has 0 aromatic carbocycles. The average molecular weight is 331 g/mol. The lowest BCUT2D eigenvalue weighted by atomic mass is 10.2. The van der Waals surface area contributed by atoms with Crippen LogP contribution in [0.4, 0.5) is 5.95 Å². The van der Waals surface area contributed by atoms with Gasteiger partial charge in [0.15, 0.2) is 0 Å². The Labute approximate surface area is 137 Å². The number of rotatable bonds is 5. The van der Waals surface area contributed by atoms with E-state index in [9.17, 15) is 4.79 Å². The van der Waals surface area contributed by atoms with Gasteiger partial charge in [-0.2, -0.15) is 4.98 Å². The van der Waals surface area contributed by atoms with Crippen molar-refractivity contribution < 1.29 is 9.21 Å². The molecule has 2 N–H and O–H groups in total. The molecule has 3 aromatic heterocycles. The minimum Gasteiger partial charge on any atom is -0.440 e. The van der Waals surface area contributed by atoms with Crippen molar-refractivity contribution in [2.75, 3.05) is 5.32 Å². The molecule has 0 unspecified atom stereocenters. The number of aromatic nitrogens is 4.